The summed E-state index contributed by atoms with van der Waals surface area (Å²) in [7, 11) is 1.43. The average molecular weight is 1220 g/mol. The Hall–Kier alpha value is -7.94. The molecule has 8 aromatic rings. The van der Waals surface area contributed by atoms with Crippen molar-refractivity contribution >= 4 is 89.5 Å². The fourth-order valence-electron chi connectivity index (χ4n) is 12.7. The van der Waals surface area contributed by atoms with Gasteiger partial charge >= 0.3 is 11.9 Å². The number of nitrogens with one attached hydrogen (secondary N) is 2. The molecule has 4 bridgehead atoms. The summed E-state index contributed by atoms with van der Waals surface area (Å²) in [5, 5.41) is 18.7. The second kappa shape index (κ2) is 27.4. The molecule has 0 radical (unpaired) electrons. The maximum atomic E-state index is 13.3. The van der Waals surface area contributed by atoms with Gasteiger partial charge in [-0.15, -0.1) is 0 Å². The highest BCUT2D eigenvalue weighted by molar-refractivity contribution is 9.10. The number of aromatic nitrogens is 5. The summed E-state index contributed by atoms with van der Waals surface area (Å²) in [6.07, 6.45) is 14.0. The van der Waals surface area contributed by atoms with Crippen LogP contribution in [-0.4, -0.2) is 149 Å². The first-order valence-corrected chi connectivity index (χ1v) is 30.2. The number of carboxylic acids is 1. The van der Waals surface area contributed by atoms with E-state index in [1.165, 1.54) is 55.6 Å². The van der Waals surface area contributed by atoms with Crippen LogP contribution in [0.25, 0.3) is 32.7 Å². The van der Waals surface area contributed by atoms with Gasteiger partial charge in [-0.2, -0.15) is 0 Å². The number of anilines is 4. The lowest BCUT2D eigenvalue weighted by Gasteiger charge is -2.44. The van der Waals surface area contributed by atoms with E-state index in [-0.39, 0.29) is 47.9 Å². The largest absolute Gasteiger partial charge is 0.481 e. The van der Waals surface area contributed by atoms with Gasteiger partial charge in [0.15, 0.2) is 0 Å². The third kappa shape index (κ3) is 14.3. The number of esters is 1. The number of carbonyl (C=O) groups excluding carboxylic acids is 2. The van der Waals surface area contributed by atoms with Crippen molar-refractivity contribution in [2.24, 2.45) is 17.8 Å². The van der Waals surface area contributed by atoms with E-state index in [0.29, 0.717) is 36.8 Å². The number of methoxy groups -OCH3 is 1. The fourth-order valence-corrected chi connectivity index (χ4v) is 13.2. The van der Waals surface area contributed by atoms with Crippen molar-refractivity contribution in [1.82, 2.24) is 40.5 Å². The standard InChI is InChI=1S/C25H26FN5O.C14H14N2O2.C11H14FN3.C9H6BrN.C6H11NO2/c26-18-6-9-24(28-12-18)31-19-7-8-20(31)16-30(15-19)25(32)11-17-13-29(14-17)23-5-1-4-22-21(23)3-2-10-27-22;17-14(18)7-10-8-16(9-10)13-5-1-4-12-11(13)3-2-6-15-12;12-8-1-4-11(14-5-8)15-9-2-3-10(15)7-13-6-9;10-8-4-1-5-9-7(8)3-2-6-11-9;1-9-6(8)2-5-3-7-4-5/h1-6,9-10,12,17,19-20H,7-8,11,13-16H2;1-6,10H,7-9H2,(H,17,18);1,4-5,9-10,13H,2-3,6-7H2;1-6H;5,7H,2-4H2,1H3. The van der Waals surface area contributed by atoms with Gasteiger partial charge in [0.1, 0.15) is 23.3 Å². The minimum atomic E-state index is -0.709. The molecule has 7 aliphatic rings. The molecule has 1 amide bonds. The average Bonchev–Trinajstić information content (AvgIpc) is 3.98. The Kier molecular flexibility index (Phi) is 19.0. The number of amides is 1. The highest BCUT2D eigenvalue weighted by atomic mass is 79.9. The number of aliphatic carboxylic acids is 1. The third-order valence-corrected chi connectivity index (χ3v) is 17.8. The molecule has 0 saturated carbocycles. The first kappa shape index (κ1) is 58.8. The summed E-state index contributed by atoms with van der Waals surface area (Å²) in [4.78, 5) is 67.0. The Balaban J connectivity index is 0.000000120. The Morgan fingerprint density at radius 3 is 1.45 bits per heavy atom. The minimum absolute atomic E-state index is 0.0958. The summed E-state index contributed by atoms with van der Waals surface area (Å²) >= 11 is 3.46. The zero-order valence-electron chi connectivity index (χ0n) is 47.6. The topological polar surface area (TPSA) is 185 Å². The van der Waals surface area contributed by atoms with Crippen LogP contribution in [-0.2, 0) is 19.1 Å². The predicted molar refractivity (Wildman–Crippen MR) is 331 cm³/mol. The Morgan fingerprint density at radius 2 is 0.988 bits per heavy atom. The van der Waals surface area contributed by atoms with Crippen LogP contribution in [0.2, 0.25) is 0 Å². The molecule has 3 N–H and O–H groups in total. The van der Waals surface area contributed by atoms with Crippen LogP contribution in [0.3, 0.4) is 0 Å². The van der Waals surface area contributed by atoms with Crippen LogP contribution in [0.1, 0.15) is 44.9 Å². The van der Waals surface area contributed by atoms with E-state index in [2.05, 4.69) is 100 Å². The third-order valence-electron chi connectivity index (χ3n) is 17.1. The summed E-state index contributed by atoms with van der Waals surface area (Å²) in [5.41, 5.74) is 5.38. The van der Waals surface area contributed by atoms with Gasteiger partial charge in [-0.1, -0.05) is 40.2 Å². The Morgan fingerprint density at radius 1 is 0.529 bits per heavy atom. The van der Waals surface area contributed by atoms with E-state index in [4.69, 9.17) is 5.11 Å². The number of rotatable bonds is 10. The molecule has 7 aliphatic heterocycles. The predicted octanol–water partition coefficient (Wildman–Crippen LogP) is 9.55. The molecule has 4 unspecified atom stereocenters. The molecule has 0 aliphatic carbocycles. The van der Waals surface area contributed by atoms with Gasteiger partial charge in [0.25, 0.3) is 0 Å². The number of likely N-dealkylation sites (tertiary alicyclic amines) is 1. The van der Waals surface area contributed by atoms with Gasteiger partial charge in [-0.3, -0.25) is 29.3 Å². The van der Waals surface area contributed by atoms with Gasteiger partial charge < -0.3 is 45.0 Å². The van der Waals surface area contributed by atoms with E-state index in [1.807, 2.05) is 77.8 Å². The maximum absolute atomic E-state index is 13.3. The number of carbonyl (C=O) groups is 3. The molecule has 7 saturated heterocycles. The van der Waals surface area contributed by atoms with E-state index < -0.39 is 5.97 Å². The summed E-state index contributed by atoms with van der Waals surface area (Å²) in [6.45, 7) is 8.91. The smallest absolute Gasteiger partial charge is 0.305 e. The lowest BCUT2D eigenvalue weighted by molar-refractivity contribution is -0.142. The van der Waals surface area contributed by atoms with Crippen LogP contribution in [0.4, 0.5) is 31.8 Å². The molecule has 12 heterocycles. The van der Waals surface area contributed by atoms with E-state index in [0.717, 1.165) is 127 Å². The number of pyridine rings is 5. The van der Waals surface area contributed by atoms with Crippen LogP contribution in [0, 0.1) is 29.4 Å². The molecule has 3 aromatic carbocycles. The summed E-state index contributed by atoms with van der Waals surface area (Å²) in [5.74, 6) is 1.82. The number of carboxylic acid groups (broad SMARTS) is 1. The van der Waals surface area contributed by atoms with Crippen LogP contribution < -0.4 is 30.2 Å². The zero-order valence-corrected chi connectivity index (χ0v) is 49.2. The first-order valence-electron chi connectivity index (χ1n) is 29.4. The SMILES string of the molecule is Brc1cccc2ncccc12.COC(=O)CC1CNC1.Fc1ccc(N2C3CCC2CNC3)nc1.O=C(CC1CN(c2cccc3ncccc23)C1)N1CC2CCC(C1)N2c1ccc(F)cn1.O=C(O)CC1CN(c2cccc3ncccc23)C1. The summed E-state index contributed by atoms with van der Waals surface area (Å²) < 4.78 is 31.6. The number of ether oxygens (including phenoxy) is 1. The van der Waals surface area contributed by atoms with Crippen LogP contribution >= 0.6 is 15.9 Å². The van der Waals surface area contributed by atoms with Crippen molar-refractivity contribution in [1.29, 1.82) is 0 Å². The normalized spacial score (nSPS) is 20.5. The number of hydrogen-bond donors (Lipinski definition) is 3. The van der Waals surface area contributed by atoms with Gasteiger partial charge in [-0.05, 0) is 136 Å². The highest BCUT2D eigenvalue weighted by Gasteiger charge is 2.43. The molecule has 442 valence electrons. The van der Waals surface area contributed by atoms with Gasteiger partial charge in [0.05, 0.1) is 48.9 Å². The molecule has 20 heteroatoms. The number of halogens is 3. The Bertz CT molecular complexity index is 3530. The zero-order chi connectivity index (χ0) is 58.8. The number of fused-ring (bicyclic) bond motifs is 7. The van der Waals surface area contributed by atoms with Gasteiger partial charge in [0.2, 0.25) is 5.91 Å². The molecule has 85 heavy (non-hydrogen) atoms. The monoisotopic (exact) mass is 1220 g/mol. The number of hydrogen-bond acceptors (Lipinski definition) is 15. The molecular weight excluding hydrogens is 1150 g/mol. The van der Waals surface area contributed by atoms with Crippen LogP contribution in [0.5, 0.6) is 0 Å². The van der Waals surface area contributed by atoms with Crippen molar-refractivity contribution in [3.8, 4) is 0 Å². The van der Waals surface area contributed by atoms with Crippen molar-refractivity contribution in [3.63, 3.8) is 0 Å². The highest BCUT2D eigenvalue weighted by Crippen LogP contribution is 2.37. The minimum Gasteiger partial charge on any atom is -0.481 e. The van der Waals surface area contributed by atoms with Crippen molar-refractivity contribution in [2.45, 2.75) is 69.1 Å². The van der Waals surface area contributed by atoms with Gasteiger partial charge in [0, 0.05) is 145 Å². The van der Waals surface area contributed by atoms with Gasteiger partial charge in [-0.25, -0.2) is 18.7 Å². The second-order valence-electron chi connectivity index (χ2n) is 22.9. The number of benzene rings is 3. The first-order chi connectivity index (χ1) is 41.4. The maximum Gasteiger partial charge on any atom is 0.305 e. The lowest BCUT2D eigenvalue weighted by Crippen LogP contribution is -2.57. The van der Waals surface area contributed by atoms with Crippen molar-refractivity contribution in [3.05, 3.63) is 162 Å². The van der Waals surface area contributed by atoms with E-state index in [9.17, 15) is 23.2 Å². The van der Waals surface area contributed by atoms with Crippen LogP contribution in [0.15, 0.2) is 151 Å². The molecule has 0 spiro atoms. The summed E-state index contributed by atoms with van der Waals surface area (Å²) in [6, 6.07) is 38.5. The Labute approximate surface area is 501 Å². The quantitative estimate of drug-likeness (QED) is 0.110. The molecule has 5 aromatic heterocycles. The number of nitrogens with zero attached hydrogens (tertiary/aromatic N) is 10. The van der Waals surface area contributed by atoms with Crippen molar-refractivity contribution < 1.29 is 33.0 Å². The number of piperazine rings is 2. The van der Waals surface area contributed by atoms with E-state index >= 15 is 0 Å². The molecule has 4 atom stereocenters. The van der Waals surface area contributed by atoms with E-state index in [1.54, 1.807) is 24.5 Å². The second-order valence-corrected chi connectivity index (χ2v) is 23.7. The molecule has 17 nitrogen and oxygen atoms in total. The lowest BCUT2D eigenvalue weighted by atomic mass is 9.93. The van der Waals surface area contributed by atoms with Crippen molar-refractivity contribution in [2.75, 3.05) is 92.2 Å². The molecule has 7 fully saturated rings. The fraction of sp³-hybridized carbons (Fsp3) is 0.385. The molecular formula is C65H71BrF2N12O5. The molecule has 15 rings (SSSR count).